The molecule has 2 amide bonds. The topological polar surface area (TPSA) is 46.6 Å². The summed E-state index contributed by atoms with van der Waals surface area (Å²) in [6, 6.07) is 0. The molecule has 0 N–H and O–H groups in total. The van der Waals surface area contributed by atoms with Gasteiger partial charge in [-0.2, -0.15) is 0 Å². The van der Waals surface area contributed by atoms with Gasteiger partial charge in [0.1, 0.15) is 6.61 Å². The van der Waals surface area contributed by atoms with Gasteiger partial charge in [-0.25, -0.2) is 9.69 Å². The highest BCUT2D eigenvalue weighted by atomic mass is 16.6. The van der Waals surface area contributed by atoms with Gasteiger partial charge in [-0.05, 0) is 5.92 Å². The molecule has 4 heteroatoms. The molecule has 0 aromatic heterocycles. The Morgan fingerprint density at radius 1 is 1.53 bits per heavy atom. The number of nitrogens with zero attached hydrogens (tertiary/aromatic N) is 1. The summed E-state index contributed by atoms with van der Waals surface area (Å²) in [5, 5.41) is 0. The largest absolute Gasteiger partial charge is 0.447 e. The summed E-state index contributed by atoms with van der Waals surface area (Å²) in [5.74, 6) is 0.116. The van der Waals surface area contributed by atoms with Crippen molar-refractivity contribution in [3.63, 3.8) is 0 Å². The van der Waals surface area contributed by atoms with Crippen molar-refractivity contribution in [2.75, 3.05) is 13.2 Å². The fourth-order valence-electron chi connectivity index (χ4n) is 1.79. The average molecular weight is 213 g/mol. The lowest BCUT2D eigenvalue weighted by Gasteiger charge is -2.21. The van der Waals surface area contributed by atoms with Gasteiger partial charge in [0.25, 0.3) is 0 Å². The summed E-state index contributed by atoms with van der Waals surface area (Å²) in [6.45, 7) is 6.76. The molecule has 1 rings (SSSR count). The van der Waals surface area contributed by atoms with E-state index in [4.69, 9.17) is 4.74 Å². The van der Waals surface area contributed by atoms with E-state index in [0.717, 1.165) is 12.8 Å². The van der Waals surface area contributed by atoms with Crippen LogP contribution in [-0.2, 0) is 9.53 Å². The van der Waals surface area contributed by atoms with E-state index in [0.29, 0.717) is 19.1 Å². The Hall–Kier alpha value is -1.06. The van der Waals surface area contributed by atoms with E-state index in [1.165, 1.54) is 4.90 Å². The molecule has 1 heterocycles. The fraction of sp³-hybridized carbons (Fsp3) is 0.818. The summed E-state index contributed by atoms with van der Waals surface area (Å²) in [7, 11) is 0. The molecule has 15 heavy (non-hydrogen) atoms. The zero-order chi connectivity index (χ0) is 11.4. The van der Waals surface area contributed by atoms with Gasteiger partial charge in [0, 0.05) is 5.92 Å². The van der Waals surface area contributed by atoms with Crippen LogP contribution in [0.15, 0.2) is 0 Å². The smallest absolute Gasteiger partial charge is 0.416 e. The summed E-state index contributed by atoms with van der Waals surface area (Å²) in [6.07, 6.45) is 1.58. The van der Waals surface area contributed by atoms with Crippen molar-refractivity contribution in [3.05, 3.63) is 0 Å². The van der Waals surface area contributed by atoms with E-state index in [-0.39, 0.29) is 11.8 Å². The quantitative estimate of drug-likeness (QED) is 0.718. The maximum absolute atomic E-state index is 11.9. The number of ether oxygens (including phenoxy) is 1. The first-order chi connectivity index (χ1) is 7.07. The van der Waals surface area contributed by atoms with Crippen molar-refractivity contribution < 1.29 is 14.3 Å². The third-order valence-electron chi connectivity index (χ3n) is 3.01. The standard InChI is InChI=1S/C11H19NO3/c1-4-5-8(2)9(3)10(13)12-6-7-15-11(12)14/h8-9H,4-7H2,1-3H3/t8-,9?/m0/s1. The van der Waals surface area contributed by atoms with Crippen LogP contribution in [0.25, 0.3) is 0 Å². The lowest BCUT2D eigenvalue weighted by molar-refractivity contribution is -0.133. The highest BCUT2D eigenvalue weighted by Gasteiger charge is 2.33. The first-order valence-electron chi connectivity index (χ1n) is 5.56. The van der Waals surface area contributed by atoms with Crippen LogP contribution >= 0.6 is 0 Å². The number of carbonyl (C=O) groups is 2. The third-order valence-corrected chi connectivity index (χ3v) is 3.01. The normalized spacial score (nSPS) is 19.9. The molecule has 1 unspecified atom stereocenters. The van der Waals surface area contributed by atoms with Crippen molar-refractivity contribution in [1.29, 1.82) is 0 Å². The van der Waals surface area contributed by atoms with E-state index >= 15 is 0 Å². The molecular weight excluding hydrogens is 194 g/mol. The molecule has 0 bridgehead atoms. The molecule has 1 saturated heterocycles. The second-order valence-electron chi connectivity index (χ2n) is 4.16. The summed E-state index contributed by atoms with van der Waals surface area (Å²) >= 11 is 0. The molecule has 1 aliphatic rings. The lowest BCUT2D eigenvalue weighted by Crippen LogP contribution is -2.38. The van der Waals surface area contributed by atoms with Crippen LogP contribution in [0.5, 0.6) is 0 Å². The predicted octanol–water partition coefficient (Wildman–Crippen LogP) is 2.04. The number of imide groups is 1. The van der Waals surface area contributed by atoms with Gasteiger partial charge < -0.3 is 4.74 Å². The van der Waals surface area contributed by atoms with Crippen LogP contribution in [-0.4, -0.2) is 30.1 Å². The number of hydrogen-bond acceptors (Lipinski definition) is 3. The van der Waals surface area contributed by atoms with Gasteiger partial charge in [-0.1, -0.05) is 33.6 Å². The minimum atomic E-state index is -0.490. The summed E-state index contributed by atoms with van der Waals surface area (Å²) in [4.78, 5) is 24.3. The molecule has 1 aliphatic heterocycles. The average Bonchev–Trinajstić information content (AvgIpc) is 2.62. The minimum absolute atomic E-state index is 0.0987. The van der Waals surface area contributed by atoms with Gasteiger partial charge in [0.05, 0.1) is 6.54 Å². The number of hydrogen-bond donors (Lipinski definition) is 0. The van der Waals surface area contributed by atoms with E-state index < -0.39 is 6.09 Å². The van der Waals surface area contributed by atoms with Crippen molar-refractivity contribution in [3.8, 4) is 0 Å². The zero-order valence-electron chi connectivity index (χ0n) is 9.66. The predicted molar refractivity (Wildman–Crippen MR) is 56.3 cm³/mol. The van der Waals surface area contributed by atoms with E-state index in [2.05, 4.69) is 6.92 Å². The van der Waals surface area contributed by atoms with Crippen LogP contribution in [0.4, 0.5) is 4.79 Å². The number of rotatable bonds is 4. The maximum atomic E-state index is 11.9. The van der Waals surface area contributed by atoms with Crippen molar-refractivity contribution in [2.45, 2.75) is 33.6 Å². The van der Waals surface area contributed by atoms with Crippen molar-refractivity contribution >= 4 is 12.0 Å². The second-order valence-corrected chi connectivity index (χ2v) is 4.16. The molecule has 0 spiro atoms. The first-order valence-corrected chi connectivity index (χ1v) is 5.56. The third kappa shape index (κ3) is 2.70. The highest BCUT2D eigenvalue weighted by Crippen LogP contribution is 2.20. The molecule has 0 aliphatic carbocycles. The van der Waals surface area contributed by atoms with E-state index in [9.17, 15) is 9.59 Å². The SMILES string of the molecule is CCC[C@H](C)C(C)C(=O)N1CCOC1=O. The number of carbonyl (C=O) groups excluding carboxylic acids is 2. The molecular formula is C11H19NO3. The van der Waals surface area contributed by atoms with Crippen molar-refractivity contribution in [2.24, 2.45) is 11.8 Å². The van der Waals surface area contributed by atoms with Gasteiger partial charge in [0.15, 0.2) is 0 Å². The molecule has 2 atom stereocenters. The Bertz CT molecular complexity index is 252. The van der Waals surface area contributed by atoms with E-state index in [1.807, 2.05) is 13.8 Å². The molecule has 4 nitrogen and oxygen atoms in total. The molecule has 0 aromatic carbocycles. The van der Waals surface area contributed by atoms with Crippen LogP contribution in [0.3, 0.4) is 0 Å². The van der Waals surface area contributed by atoms with Gasteiger partial charge in [-0.15, -0.1) is 0 Å². The molecule has 0 saturated carbocycles. The van der Waals surface area contributed by atoms with Crippen LogP contribution < -0.4 is 0 Å². The van der Waals surface area contributed by atoms with Gasteiger partial charge in [-0.3, -0.25) is 4.79 Å². The lowest BCUT2D eigenvalue weighted by atomic mass is 9.91. The highest BCUT2D eigenvalue weighted by molar-refractivity contribution is 5.94. The summed E-state index contributed by atoms with van der Waals surface area (Å²) < 4.78 is 4.74. The van der Waals surface area contributed by atoms with E-state index in [1.54, 1.807) is 0 Å². The Balaban J connectivity index is 2.55. The monoisotopic (exact) mass is 213 g/mol. The molecule has 1 fully saturated rings. The van der Waals surface area contributed by atoms with Crippen LogP contribution in [0.2, 0.25) is 0 Å². The Labute approximate surface area is 90.6 Å². The fourth-order valence-corrected chi connectivity index (χ4v) is 1.79. The number of cyclic esters (lactones) is 1. The second kappa shape index (κ2) is 5.14. The Kier molecular flexibility index (Phi) is 4.12. The van der Waals surface area contributed by atoms with Gasteiger partial charge in [0.2, 0.25) is 5.91 Å². The Morgan fingerprint density at radius 3 is 2.67 bits per heavy atom. The van der Waals surface area contributed by atoms with Crippen LogP contribution in [0, 0.1) is 11.8 Å². The zero-order valence-corrected chi connectivity index (χ0v) is 9.66. The van der Waals surface area contributed by atoms with Gasteiger partial charge >= 0.3 is 6.09 Å². The molecule has 0 aromatic rings. The first kappa shape index (κ1) is 12.0. The number of amides is 2. The molecule has 86 valence electrons. The van der Waals surface area contributed by atoms with Crippen molar-refractivity contribution in [1.82, 2.24) is 4.90 Å². The molecule has 0 radical (unpaired) electrons. The maximum Gasteiger partial charge on any atom is 0.416 e. The van der Waals surface area contributed by atoms with Crippen LogP contribution in [0.1, 0.15) is 33.6 Å². The minimum Gasteiger partial charge on any atom is -0.447 e. The Morgan fingerprint density at radius 2 is 2.20 bits per heavy atom. The summed E-state index contributed by atoms with van der Waals surface area (Å²) in [5.41, 5.74) is 0.